The molecule has 0 aliphatic rings. The minimum Gasteiger partial charge on any atom is -0.368 e. The number of nitrogens with zero attached hydrogens (tertiary/aromatic N) is 7. The molecule has 2 aromatic carbocycles. The predicted octanol–water partition coefficient (Wildman–Crippen LogP) is 4.87. The molecular formula is C27H29N9. The van der Waals surface area contributed by atoms with Gasteiger partial charge in [0.1, 0.15) is 18.0 Å². The van der Waals surface area contributed by atoms with Gasteiger partial charge in [-0.3, -0.25) is 4.57 Å². The van der Waals surface area contributed by atoms with Crippen LogP contribution in [-0.4, -0.2) is 42.6 Å². The summed E-state index contributed by atoms with van der Waals surface area (Å²) in [7, 11) is 0. The van der Waals surface area contributed by atoms with Crippen molar-refractivity contribution in [1.29, 1.82) is 0 Å². The largest absolute Gasteiger partial charge is 0.368 e. The van der Waals surface area contributed by atoms with Crippen LogP contribution in [0.2, 0.25) is 0 Å². The van der Waals surface area contributed by atoms with Crippen LogP contribution in [0.15, 0.2) is 73.2 Å². The Morgan fingerprint density at radius 1 is 0.944 bits per heavy atom. The number of hydrogen-bond acceptors (Lipinski definition) is 8. The van der Waals surface area contributed by atoms with Crippen molar-refractivity contribution < 1.29 is 0 Å². The fourth-order valence-corrected chi connectivity index (χ4v) is 4.24. The molecular weight excluding hydrogens is 450 g/mol. The summed E-state index contributed by atoms with van der Waals surface area (Å²) in [6, 6.07) is 20.2. The van der Waals surface area contributed by atoms with Gasteiger partial charge in [-0.05, 0) is 44.5 Å². The highest BCUT2D eigenvalue weighted by atomic mass is 15.2. The second-order valence-corrected chi connectivity index (χ2v) is 8.48. The molecule has 0 radical (unpaired) electrons. The van der Waals surface area contributed by atoms with Crippen LogP contribution in [0, 0.1) is 0 Å². The molecule has 1 atom stereocenters. The van der Waals surface area contributed by atoms with Crippen molar-refractivity contribution in [1.82, 2.24) is 29.5 Å². The Hall–Kier alpha value is -4.53. The Balaban J connectivity index is 1.44. The number of benzene rings is 2. The fraction of sp³-hybridized carbons (Fsp3) is 0.222. The first-order valence-corrected chi connectivity index (χ1v) is 12.1. The lowest BCUT2D eigenvalue weighted by Crippen LogP contribution is -2.23. The van der Waals surface area contributed by atoms with Crippen LogP contribution >= 0.6 is 0 Å². The highest BCUT2D eigenvalue weighted by Crippen LogP contribution is 2.27. The molecule has 5 aromatic rings. The Morgan fingerprint density at radius 3 is 2.53 bits per heavy atom. The third-order valence-corrected chi connectivity index (χ3v) is 6.19. The van der Waals surface area contributed by atoms with Gasteiger partial charge < -0.3 is 16.0 Å². The summed E-state index contributed by atoms with van der Waals surface area (Å²) in [6.45, 7) is 7.96. The Morgan fingerprint density at radius 2 is 1.75 bits per heavy atom. The minimum atomic E-state index is 0.0741. The molecule has 0 amide bonds. The highest BCUT2D eigenvalue weighted by Gasteiger charge is 2.13. The third-order valence-electron chi connectivity index (χ3n) is 6.19. The van der Waals surface area contributed by atoms with Crippen LogP contribution in [0.4, 0.5) is 17.7 Å². The van der Waals surface area contributed by atoms with E-state index in [0.717, 1.165) is 47.0 Å². The molecule has 3 aromatic heterocycles. The number of rotatable bonds is 8. The summed E-state index contributed by atoms with van der Waals surface area (Å²) in [4.78, 5) is 24.8. The summed E-state index contributed by atoms with van der Waals surface area (Å²) in [5.74, 6) is 2.37. The molecule has 0 fully saturated rings. The molecule has 0 aliphatic carbocycles. The topological polar surface area (TPSA) is 111 Å². The standard InChI is InChI=1S/C27H29N9/c1-4-35(5-2)25-16-21(32-26(28)33-25)20-11-12-23-22(15-20)30-17-36(23)24-13-14-29-27(34-24)31-18(3)19-9-7-6-8-10-19/h6-18H,4-5H2,1-3H3,(H2,28,32,33)(H,29,31,34)/t18-/m0/s1. The summed E-state index contributed by atoms with van der Waals surface area (Å²) in [6.07, 6.45) is 3.53. The molecule has 0 unspecified atom stereocenters. The van der Waals surface area contributed by atoms with Crippen molar-refractivity contribution in [2.45, 2.75) is 26.8 Å². The van der Waals surface area contributed by atoms with Crippen molar-refractivity contribution in [3.05, 3.63) is 78.8 Å². The van der Waals surface area contributed by atoms with E-state index in [1.807, 2.05) is 53.1 Å². The number of fused-ring (bicyclic) bond motifs is 1. The molecule has 0 aliphatic heterocycles. The predicted molar refractivity (Wildman–Crippen MR) is 144 cm³/mol. The summed E-state index contributed by atoms with van der Waals surface area (Å²) >= 11 is 0. The molecule has 9 heteroatoms. The van der Waals surface area contributed by atoms with E-state index >= 15 is 0 Å². The summed E-state index contributed by atoms with van der Waals surface area (Å²) < 4.78 is 1.95. The quantitative estimate of drug-likeness (QED) is 0.324. The van der Waals surface area contributed by atoms with Gasteiger partial charge in [-0.1, -0.05) is 36.4 Å². The lowest BCUT2D eigenvalue weighted by molar-refractivity contribution is 0.844. The molecule has 0 saturated carbocycles. The zero-order chi connectivity index (χ0) is 25.1. The second kappa shape index (κ2) is 9.99. The van der Waals surface area contributed by atoms with Gasteiger partial charge in [-0.25, -0.2) is 15.0 Å². The van der Waals surface area contributed by atoms with E-state index in [1.165, 1.54) is 5.56 Å². The van der Waals surface area contributed by atoms with E-state index in [4.69, 9.17) is 10.7 Å². The van der Waals surface area contributed by atoms with Gasteiger partial charge in [0, 0.05) is 30.9 Å². The lowest BCUT2D eigenvalue weighted by Gasteiger charge is -2.20. The zero-order valence-corrected chi connectivity index (χ0v) is 20.6. The van der Waals surface area contributed by atoms with Crippen molar-refractivity contribution in [3.63, 3.8) is 0 Å². The number of anilines is 3. The van der Waals surface area contributed by atoms with Crippen molar-refractivity contribution >= 4 is 28.7 Å². The molecule has 0 bridgehead atoms. The second-order valence-electron chi connectivity index (χ2n) is 8.48. The van der Waals surface area contributed by atoms with Crippen LogP contribution in [0.25, 0.3) is 28.1 Å². The normalized spacial score (nSPS) is 12.0. The molecule has 0 spiro atoms. The van der Waals surface area contributed by atoms with E-state index < -0.39 is 0 Å². The number of nitrogens with two attached hydrogens (primary N) is 1. The molecule has 182 valence electrons. The minimum absolute atomic E-state index is 0.0741. The first-order valence-electron chi connectivity index (χ1n) is 12.1. The van der Waals surface area contributed by atoms with Crippen molar-refractivity contribution in [2.75, 3.05) is 29.0 Å². The van der Waals surface area contributed by atoms with Crippen LogP contribution in [-0.2, 0) is 0 Å². The van der Waals surface area contributed by atoms with E-state index in [9.17, 15) is 0 Å². The number of nitrogens with one attached hydrogen (secondary N) is 1. The molecule has 9 nitrogen and oxygen atoms in total. The number of hydrogen-bond donors (Lipinski definition) is 2. The van der Waals surface area contributed by atoms with E-state index in [2.05, 4.69) is 63.1 Å². The fourth-order valence-electron chi connectivity index (χ4n) is 4.24. The van der Waals surface area contributed by atoms with Gasteiger partial charge in [0.25, 0.3) is 0 Å². The van der Waals surface area contributed by atoms with Gasteiger partial charge in [-0.2, -0.15) is 9.97 Å². The van der Waals surface area contributed by atoms with Crippen LogP contribution in [0.3, 0.4) is 0 Å². The third kappa shape index (κ3) is 4.68. The maximum absolute atomic E-state index is 6.03. The average Bonchev–Trinajstić information content (AvgIpc) is 3.33. The van der Waals surface area contributed by atoms with Gasteiger partial charge in [0.2, 0.25) is 11.9 Å². The smallest absolute Gasteiger partial charge is 0.225 e. The first-order chi connectivity index (χ1) is 17.6. The molecule has 3 heterocycles. The van der Waals surface area contributed by atoms with E-state index in [1.54, 1.807) is 12.5 Å². The van der Waals surface area contributed by atoms with Gasteiger partial charge in [0.05, 0.1) is 22.8 Å². The van der Waals surface area contributed by atoms with Crippen LogP contribution < -0.4 is 16.0 Å². The highest BCUT2D eigenvalue weighted by molar-refractivity contribution is 5.83. The van der Waals surface area contributed by atoms with Crippen molar-refractivity contribution in [3.8, 4) is 17.1 Å². The molecule has 5 rings (SSSR count). The Labute approximate surface area is 210 Å². The maximum Gasteiger partial charge on any atom is 0.225 e. The summed E-state index contributed by atoms with van der Waals surface area (Å²) in [5.41, 5.74) is 10.7. The SMILES string of the molecule is CCN(CC)c1cc(-c2ccc3c(c2)ncn3-c2ccnc(N[C@@H](C)c3ccccc3)n2)nc(N)n1. The Bertz CT molecular complexity index is 1480. The lowest BCUT2D eigenvalue weighted by atomic mass is 10.1. The maximum atomic E-state index is 6.03. The van der Waals surface area contributed by atoms with Crippen molar-refractivity contribution in [2.24, 2.45) is 0 Å². The number of nitrogen functional groups attached to an aromatic ring is 1. The molecule has 0 saturated heterocycles. The van der Waals surface area contributed by atoms with Crippen LogP contribution in [0.5, 0.6) is 0 Å². The van der Waals surface area contributed by atoms with Gasteiger partial charge >= 0.3 is 0 Å². The van der Waals surface area contributed by atoms with E-state index in [-0.39, 0.29) is 12.0 Å². The zero-order valence-electron chi connectivity index (χ0n) is 20.6. The number of imidazole rings is 1. The summed E-state index contributed by atoms with van der Waals surface area (Å²) in [5, 5.41) is 3.38. The van der Waals surface area contributed by atoms with Gasteiger partial charge in [-0.15, -0.1) is 0 Å². The molecule has 36 heavy (non-hydrogen) atoms. The van der Waals surface area contributed by atoms with E-state index in [0.29, 0.717) is 5.95 Å². The first kappa shape index (κ1) is 23.2. The monoisotopic (exact) mass is 479 g/mol. The average molecular weight is 480 g/mol. The Kier molecular flexibility index (Phi) is 6.44. The van der Waals surface area contributed by atoms with Gasteiger partial charge in [0.15, 0.2) is 0 Å². The van der Waals surface area contributed by atoms with Crippen LogP contribution in [0.1, 0.15) is 32.4 Å². The number of aromatic nitrogens is 6. The molecule has 3 N–H and O–H groups in total.